The van der Waals surface area contributed by atoms with Crippen LogP contribution >= 0.6 is 15.9 Å². The monoisotopic (exact) mass is 302 g/mol. The van der Waals surface area contributed by atoms with Gasteiger partial charge >= 0.3 is 0 Å². The molecule has 0 saturated heterocycles. The van der Waals surface area contributed by atoms with Gasteiger partial charge in [0.2, 0.25) is 0 Å². The molecule has 0 unspecified atom stereocenters. The molecule has 0 atom stereocenters. The smallest absolute Gasteiger partial charge is 0.121 e. The van der Waals surface area contributed by atoms with Crippen molar-refractivity contribution >= 4 is 38.0 Å². The fraction of sp³-hybridized carbons (Fsp3) is 0.143. The molecule has 1 aromatic heterocycles. The van der Waals surface area contributed by atoms with Crippen molar-refractivity contribution in [3.05, 3.63) is 42.5 Å². The number of hydrogen-bond acceptors (Lipinski definition) is 3. The average Bonchev–Trinajstić information content (AvgIpc) is 2.42. The van der Waals surface area contributed by atoms with Gasteiger partial charge in [0.15, 0.2) is 0 Å². The number of para-hydroxylation sites is 2. The predicted molar refractivity (Wildman–Crippen MR) is 76.3 cm³/mol. The van der Waals surface area contributed by atoms with Crippen molar-refractivity contribution in [3.8, 4) is 5.75 Å². The van der Waals surface area contributed by atoms with Crippen LogP contribution in [0.15, 0.2) is 42.5 Å². The lowest BCUT2D eigenvalue weighted by atomic mass is 10.2. The summed E-state index contributed by atoms with van der Waals surface area (Å²) in [7, 11) is 0. The zero-order valence-electron chi connectivity index (χ0n) is 9.64. The lowest BCUT2D eigenvalue weighted by molar-refractivity contribution is 0.345. The minimum absolute atomic E-state index is 0.645. The second-order valence-corrected chi connectivity index (χ2v) is 4.69. The van der Waals surface area contributed by atoms with Gasteiger partial charge in [-0.15, -0.1) is 0 Å². The second-order valence-electron chi connectivity index (χ2n) is 3.90. The van der Waals surface area contributed by atoms with Crippen molar-refractivity contribution in [1.29, 1.82) is 0 Å². The Kier molecular flexibility index (Phi) is 3.11. The number of hydrogen-bond donors (Lipinski definition) is 0. The first-order valence-corrected chi connectivity index (χ1v) is 6.84. The first kappa shape index (κ1) is 11.4. The zero-order valence-corrected chi connectivity index (χ0v) is 11.2. The Hall–Kier alpha value is -1.68. The molecule has 0 fully saturated rings. The number of fused-ring (bicyclic) bond motifs is 2. The van der Waals surface area contributed by atoms with Crippen molar-refractivity contribution in [3.63, 3.8) is 0 Å². The molecule has 0 aliphatic rings. The lowest BCUT2D eigenvalue weighted by Crippen LogP contribution is -1.98. The molecular formula is C14H11BrN2O. The highest BCUT2D eigenvalue weighted by Gasteiger charge is 2.02. The van der Waals surface area contributed by atoms with E-state index in [1.165, 1.54) is 0 Å². The molecule has 90 valence electrons. The predicted octanol–water partition coefficient (Wildman–Crippen LogP) is 3.56. The molecule has 3 aromatic rings. The molecule has 0 bridgehead atoms. The maximum absolute atomic E-state index is 5.56. The van der Waals surface area contributed by atoms with Gasteiger partial charge in [0.25, 0.3) is 0 Å². The Morgan fingerprint density at radius 2 is 1.56 bits per heavy atom. The molecule has 3 nitrogen and oxygen atoms in total. The van der Waals surface area contributed by atoms with E-state index in [0.29, 0.717) is 6.61 Å². The maximum atomic E-state index is 5.56. The summed E-state index contributed by atoms with van der Waals surface area (Å²) in [5.74, 6) is 0.825. The van der Waals surface area contributed by atoms with Crippen molar-refractivity contribution in [2.45, 2.75) is 0 Å². The van der Waals surface area contributed by atoms with Gasteiger partial charge in [-0.1, -0.05) is 28.1 Å². The van der Waals surface area contributed by atoms with Crippen LogP contribution in [-0.4, -0.2) is 21.9 Å². The van der Waals surface area contributed by atoms with Crippen LogP contribution in [0.25, 0.3) is 22.1 Å². The summed E-state index contributed by atoms with van der Waals surface area (Å²) in [6.07, 6.45) is 0. The molecule has 0 aliphatic heterocycles. The van der Waals surface area contributed by atoms with Crippen LogP contribution in [0, 0.1) is 0 Å². The summed E-state index contributed by atoms with van der Waals surface area (Å²) in [5.41, 5.74) is 3.57. The number of halogens is 1. The molecule has 0 spiro atoms. The Labute approximate surface area is 113 Å². The number of alkyl halides is 1. The van der Waals surface area contributed by atoms with Crippen LogP contribution in [0.1, 0.15) is 0 Å². The van der Waals surface area contributed by atoms with Crippen molar-refractivity contribution in [2.75, 3.05) is 11.9 Å². The van der Waals surface area contributed by atoms with E-state index in [9.17, 15) is 0 Å². The highest BCUT2D eigenvalue weighted by Crippen LogP contribution is 2.20. The zero-order chi connectivity index (χ0) is 12.4. The maximum Gasteiger partial charge on any atom is 0.121 e. The Balaban J connectivity index is 2.12. The summed E-state index contributed by atoms with van der Waals surface area (Å²) in [6.45, 7) is 0.645. The van der Waals surface area contributed by atoms with Gasteiger partial charge in [0.05, 0.1) is 28.7 Å². The van der Waals surface area contributed by atoms with Crippen LogP contribution in [0.5, 0.6) is 5.75 Å². The summed E-state index contributed by atoms with van der Waals surface area (Å²) in [4.78, 5) is 9.16. The van der Waals surface area contributed by atoms with Crippen LogP contribution in [-0.2, 0) is 0 Å². The molecule has 2 aromatic carbocycles. The highest BCUT2D eigenvalue weighted by molar-refractivity contribution is 9.09. The SMILES string of the molecule is BrCCOc1ccc2nc3ccccc3nc2c1. The first-order valence-electron chi connectivity index (χ1n) is 5.72. The minimum Gasteiger partial charge on any atom is -0.493 e. The Bertz CT molecular complexity index is 700. The van der Waals surface area contributed by atoms with Crippen molar-refractivity contribution in [2.24, 2.45) is 0 Å². The van der Waals surface area contributed by atoms with E-state index in [4.69, 9.17) is 4.74 Å². The third kappa shape index (κ3) is 2.16. The molecule has 0 radical (unpaired) electrons. The van der Waals surface area contributed by atoms with Gasteiger partial charge in [-0.2, -0.15) is 0 Å². The number of ether oxygens (including phenoxy) is 1. The summed E-state index contributed by atoms with van der Waals surface area (Å²) >= 11 is 3.34. The molecule has 3 rings (SSSR count). The van der Waals surface area contributed by atoms with Crippen LogP contribution in [0.3, 0.4) is 0 Å². The normalized spacial score (nSPS) is 10.9. The van der Waals surface area contributed by atoms with Gasteiger partial charge in [-0.3, -0.25) is 0 Å². The highest BCUT2D eigenvalue weighted by atomic mass is 79.9. The molecule has 0 saturated carbocycles. The number of nitrogens with zero attached hydrogens (tertiary/aromatic N) is 2. The van der Waals surface area contributed by atoms with Gasteiger partial charge in [0, 0.05) is 11.4 Å². The third-order valence-electron chi connectivity index (χ3n) is 2.66. The van der Waals surface area contributed by atoms with E-state index in [1.54, 1.807) is 0 Å². The molecule has 0 N–H and O–H groups in total. The van der Waals surface area contributed by atoms with Crippen molar-refractivity contribution < 1.29 is 4.74 Å². The molecule has 18 heavy (non-hydrogen) atoms. The molecule has 0 amide bonds. The first-order chi connectivity index (χ1) is 8.86. The van der Waals surface area contributed by atoms with Gasteiger partial charge < -0.3 is 4.74 Å². The molecule has 0 aliphatic carbocycles. The van der Waals surface area contributed by atoms with Crippen LogP contribution in [0.4, 0.5) is 0 Å². The second kappa shape index (κ2) is 4.90. The summed E-state index contributed by atoms with van der Waals surface area (Å²) in [5, 5.41) is 0.814. The molecule has 4 heteroatoms. The molecular weight excluding hydrogens is 292 g/mol. The largest absolute Gasteiger partial charge is 0.493 e. The van der Waals surface area contributed by atoms with E-state index in [-0.39, 0.29) is 0 Å². The number of rotatable bonds is 3. The Morgan fingerprint density at radius 3 is 2.28 bits per heavy atom. The number of benzene rings is 2. The fourth-order valence-electron chi connectivity index (χ4n) is 1.85. The van der Waals surface area contributed by atoms with E-state index >= 15 is 0 Å². The summed E-state index contributed by atoms with van der Waals surface area (Å²) in [6, 6.07) is 13.7. The van der Waals surface area contributed by atoms with E-state index in [0.717, 1.165) is 33.1 Å². The van der Waals surface area contributed by atoms with Gasteiger partial charge in [0.1, 0.15) is 5.75 Å². The van der Waals surface area contributed by atoms with Crippen molar-refractivity contribution in [1.82, 2.24) is 9.97 Å². The minimum atomic E-state index is 0.645. The Morgan fingerprint density at radius 1 is 0.889 bits per heavy atom. The average molecular weight is 303 g/mol. The number of aromatic nitrogens is 2. The van der Waals surface area contributed by atoms with Gasteiger partial charge in [-0.25, -0.2) is 9.97 Å². The third-order valence-corrected chi connectivity index (χ3v) is 2.98. The molecule has 1 heterocycles. The van der Waals surface area contributed by atoms with E-state index < -0.39 is 0 Å². The fourth-order valence-corrected chi connectivity index (χ4v) is 2.01. The topological polar surface area (TPSA) is 35.0 Å². The van der Waals surface area contributed by atoms with E-state index in [1.807, 2.05) is 42.5 Å². The summed E-state index contributed by atoms with van der Waals surface area (Å²) < 4.78 is 5.56. The van der Waals surface area contributed by atoms with E-state index in [2.05, 4.69) is 25.9 Å². The van der Waals surface area contributed by atoms with Crippen LogP contribution in [0.2, 0.25) is 0 Å². The quantitative estimate of drug-likeness (QED) is 0.548. The standard InChI is InChI=1S/C14H11BrN2O/c15-7-8-18-10-5-6-13-14(9-10)17-12-4-2-1-3-11(12)16-13/h1-6,9H,7-8H2. The van der Waals surface area contributed by atoms with Gasteiger partial charge in [-0.05, 0) is 24.3 Å². The van der Waals surface area contributed by atoms with Crippen LogP contribution < -0.4 is 4.74 Å². The lowest BCUT2D eigenvalue weighted by Gasteiger charge is -2.05.